The summed E-state index contributed by atoms with van der Waals surface area (Å²) in [7, 11) is 0. The molecule has 0 radical (unpaired) electrons. The molecule has 7 atom stereocenters. The van der Waals surface area contributed by atoms with E-state index in [1.807, 2.05) is 6.08 Å². The third-order valence-electron chi connectivity index (χ3n) is 9.25. The predicted octanol–water partition coefficient (Wildman–Crippen LogP) is 3.68. The molecular weight excluding hydrogens is 396 g/mol. The van der Waals surface area contributed by atoms with Gasteiger partial charge in [-0.2, -0.15) is 0 Å². The van der Waals surface area contributed by atoms with E-state index in [0.29, 0.717) is 18.8 Å². The van der Waals surface area contributed by atoms with Crippen molar-refractivity contribution in [1.29, 1.82) is 0 Å². The van der Waals surface area contributed by atoms with Crippen LogP contribution in [0.1, 0.15) is 65.7 Å². The van der Waals surface area contributed by atoms with Crippen molar-refractivity contribution in [2.24, 2.45) is 34.5 Å². The average Bonchev–Trinajstić information content (AvgIpc) is 2.98. The number of carboxylic acid groups (broad SMARTS) is 1. The molecule has 0 bridgehead atoms. The predicted molar refractivity (Wildman–Crippen MR) is 114 cm³/mol. The van der Waals surface area contributed by atoms with Crippen LogP contribution < -0.4 is 0 Å². The van der Waals surface area contributed by atoms with Gasteiger partial charge >= 0.3 is 11.9 Å². The molecule has 1 unspecified atom stereocenters. The van der Waals surface area contributed by atoms with Crippen molar-refractivity contribution in [2.45, 2.75) is 71.3 Å². The number of ketones is 1. The Morgan fingerprint density at radius 3 is 2.58 bits per heavy atom. The first kappa shape index (κ1) is 22.3. The second kappa shape index (κ2) is 7.58. The molecule has 0 aromatic carbocycles. The van der Waals surface area contributed by atoms with Gasteiger partial charge in [0.15, 0.2) is 11.7 Å². The highest BCUT2D eigenvalue weighted by atomic mass is 16.5. The molecule has 0 aliphatic heterocycles. The van der Waals surface area contributed by atoms with Gasteiger partial charge in [-0.3, -0.25) is 14.4 Å². The van der Waals surface area contributed by atoms with E-state index in [4.69, 9.17) is 4.74 Å². The number of fused-ring (bicyclic) bond motifs is 5. The van der Waals surface area contributed by atoms with Crippen LogP contribution in [0, 0.1) is 34.5 Å². The number of hydrogen-bond donors (Lipinski definition) is 2. The van der Waals surface area contributed by atoms with E-state index in [9.17, 15) is 24.6 Å². The molecule has 4 rings (SSSR count). The molecule has 2 fully saturated rings. The van der Waals surface area contributed by atoms with Crippen LogP contribution in [0.2, 0.25) is 0 Å². The maximum atomic E-state index is 12.3. The maximum absolute atomic E-state index is 12.3. The van der Waals surface area contributed by atoms with E-state index in [0.717, 1.165) is 31.3 Å². The number of rotatable bonds is 5. The molecule has 0 spiro atoms. The van der Waals surface area contributed by atoms with Crippen molar-refractivity contribution in [2.75, 3.05) is 6.61 Å². The summed E-state index contributed by atoms with van der Waals surface area (Å²) in [5, 5.41) is 21.4. The van der Waals surface area contributed by atoms with Gasteiger partial charge in [0.1, 0.15) is 0 Å². The van der Waals surface area contributed by atoms with Crippen LogP contribution in [0.3, 0.4) is 0 Å². The Kier molecular flexibility index (Phi) is 5.44. The molecule has 0 amide bonds. The molecule has 4 aliphatic carbocycles. The van der Waals surface area contributed by atoms with E-state index in [-0.39, 0.29) is 36.1 Å². The highest BCUT2D eigenvalue weighted by Crippen LogP contribution is 2.67. The lowest BCUT2D eigenvalue weighted by Gasteiger charge is -2.57. The zero-order chi connectivity index (χ0) is 22.6. The van der Waals surface area contributed by atoms with Gasteiger partial charge in [0.25, 0.3) is 0 Å². The number of aliphatic hydroxyl groups is 1. The summed E-state index contributed by atoms with van der Waals surface area (Å²) in [6.45, 7) is 6.12. The van der Waals surface area contributed by atoms with Gasteiger partial charge < -0.3 is 14.9 Å². The Labute approximate surface area is 183 Å². The minimum absolute atomic E-state index is 0.0239. The monoisotopic (exact) mass is 430 g/mol. The van der Waals surface area contributed by atoms with Gasteiger partial charge in [-0.05, 0) is 79.3 Å². The van der Waals surface area contributed by atoms with Crippen LogP contribution in [0.4, 0.5) is 0 Å². The SMILES string of the molecule is CCOC(=O)C(C[C@]1(O)CC[C@H]2[C@@H]3C=CC4=CC(=O)CC[C@]4(C)[C@H]3CC[C@@]21C)C(=O)O. The maximum Gasteiger partial charge on any atom is 0.320 e. The van der Waals surface area contributed by atoms with E-state index >= 15 is 0 Å². The Balaban J connectivity index is 1.63. The highest BCUT2D eigenvalue weighted by molar-refractivity contribution is 5.94. The number of carbonyl (C=O) groups is 3. The summed E-state index contributed by atoms with van der Waals surface area (Å²) in [5.41, 5.74) is -0.564. The fourth-order valence-corrected chi connectivity index (χ4v) is 7.30. The first-order valence-electron chi connectivity index (χ1n) is 11.6. The molecule has 6 heteroatoms. The molecule has 2 N–H and O–H groups in total. The van der Waals surface area contributed by atoms with Crippen molar-refractivity contribution in [3.05, 3.63) is 23.8 Å². The topological polar surface area (TPSA) is 101 Å². The number of allylic oxidation sites excluding steroid dienone is 4. The second-order valence-electron chi connectivity index (χ2n) is 10.5. The summed E-state index contributed by atoms with van der Waals surface area (Å²) < 4.78 is 4.98. The van der Waals surface area contributed by atoms with Crippen LogP contribution in [0.15, 0.2) is 23.8 Å². The molecule has 31 heavy (non-hydrogen) atoms. The lowest BCUT2D eigenvalue weighted by molar-refractivity contribution is -0.168. The van der Waals surface area contributed by atoms with Gasteiger partial charge in [0, 0.05) is 12.8 Å². The molecule has 6 nitrogen and oxygen atoms in total. The van der Waals surface area contributed by atoms with Crippen LogP contribution in [-0.2, 0) is 19.1 Å². The van der Waals surface area contributed by atoms with Crippen LogP contribution in [-0.4, -0.2) is 40.1 Å². The summed E-state index contributed by atoms with van der Waals surface area (Å²) in [4.78, 5) is 36.1. The molecular formula is C25H34O6. The Bertz CT molecular complexity index is 858. The van der Waals surface area contributed by atoms with Crippen molar-refractivity contribution >= 4 is 17.7 Å². The van der Waals surface area contributed by atoms with Crippen molar-refractivity contribution in [3.8, 4) is 0 Å². The van der Waals surface area contributed by atoms with Crippen molar-refractivity contribution in [1.82, 2.24) is 0 Å². The van der Waals surface area contributed by atoms with E-state index in [1.54, 1.807) is 6.92 Å². The van der Waals surface area contributed by atoms with Gasteiger partial charge in [0.05, 0.1) is 12.2 Å². The van der Waals surface area contributed by atoms with E-state index < -0.39 is 28.9 Å². The number of esters is 1. The van der Waals surface area contributed by atoms with Crippen molar-refractivity contribution in [3.63, 3.8) is 0 Å². The van der Waals surface area contributed by atoms with E-state index in [2.05, 4.69) is 26.0 Å². The molecule has 0 aromatic rings. The molecule has 4 aliphatic rings. The third-order valence-corrected chi connectivity index (χ3v) is 9.25. The van der Waals surface area contributed by atoms with Gasteiger partial charge in [-0.25, -0.2) is 0 Å². The number of carboxylic acids is 1. The Morgan fingerprint density at radius 1 is 1.19 bits per heavy atom. The lowest BCUT2D eigenvalue weighted by atomic mass is 9.48. The number of aliphatic carboxylic acids is 1. The average molecular weight is 431 g/mol. The minimum atomic E-state index is -1.35. The highest BCUT2D eigenvalue weighted by Gasteiger charge is 2.64. The summed E-state index contributed by atoms with van der Waals surface area (Å²) in [6.07, 6.45) is 10.5. The zero-order valence-corrected chi connectivity index (χ0v) is 18.7. The molecule has 2 saturated carbocycles. The first-order chi connectivity index (χ1) is 14.6. The fraction of sp³-hybridized carbons (Fsp3) is 0.720. The number of ether oxygens (including phenoxy) is 1. The lowest BCUT2D eigenvalue weighted by Crippen LogP contribution is -2.55. The molecule has 0 saturated heterocycles. The largest absolute Gasteiger partial charge is 0.481 e. The fourth-order valence-electron chi connectivity index (χ4n) is 7.30. The third kappa shape index (κ3) is 3.29. The Hall–Kier alpha value is -1.95. The van der Waals surface area contributed by atoms with Gasteiger partial charge in [-0.1, -0.05) is 26.0 Å². The normalized spacial score (nSPS) is 42.1. The number of carbonyl (C=O) groups excluding carboxylic acids is 2. The van der Waals surface area contributed by atoms with Crippen LogP contribution in [0.25, 0.3) is 0 Å². The first-order valence-corrected chi connectivity index (χ1v) is 11.6. The molecule has 170 valence electrons. The van der Waals surface area contributed by atoms with E-state index in [1.165, 1.54) is 0 Å². The van der Waals surface area contributed by atoms with Crippen LogP contribution in [0.5, 0.6) is 0 Å². The summed E-state index contributed by atoms with van der Waals surface area (Å²) in [5.74, 6) is -2.23. The van der Waals surface area contributed by atoms with Gasteiger partial charge in [-0.15, -0.1) is 0 Å². The molecule has 0 heterocycles. The quantitative estimate of drug-likeness (QED) is 0.510. The second-order valence-corrected chi connectivity index (χ2v) is 10.5. The van der Waals surface area contributed by atoms with Crippen molar-refractivity contribution < 1.29 is 29.3 Å². The minimum Gasteiger partial charge on any atom is -0.481 e. The van der Waals surface area contributed by atoms with Gasteiger partial charge in [0.2, 0.25) is 0 Å². The molecule has 0 aromatic heterocycles. The standard InChI is InChI=1S/C25H34O6/c1-4-31-22(29)18(21(27)28)14-25(30)12-9-20-17-6-5-15-13-16(26)7-10-23(15,2)19(17)8-11-24(20,25)3/h5-6,13,17-20,30H,4,7-12,14H2,1-3H3,(H,27,28)/t17-,18?,19+,20+,23+,24+,25-/m1/s1. The zero-order valence-electron chi connectivity index (χ0n) is 18.7. The Morgan fingerprint density at radius 2 is 1.90 bits per heavy atom. The van der Waals surface area contributed by atoms with Crippen LogP contribution >= 0.6 is 0 Å². The summed E-state index contributed by atoms with van der Waals surface area (Å²) in [6, 6.07) is 0. The smallest absolute Gasteiger partial charge is 0.320 e. The number of hydrogen-bond acceptors (Lipinski definition) is 5. The summed E-state index contributed by atoms with van der Waals surface area (Å²) >= 11 is 0.